The number of piperidine rings is 1. The first-order chi connectivity index (χ1) is 12.5. The number of aromatic amines is 1. The fourth-order valence-corrected chi connectivity index (χ4v) is 4.17. The molecule has 2 aliphatic rings. The Balaban J connectivity index is 1.65. The highest BCUT2D eigenvalue weighted by molar-refractivity contribution is 5.80. The number of nitrogens with zero attached hydrogens (tertiary/aromatic N) is 4. The molecule has 0 unspecified atom stereocenters. The Hall–Kier alpha value is -2.37. The molecule has 138 valence electrons. The number of fused-ring (bicyclic) bond motifs is 1. The van der Waals surface area contributed by atoms with Crippen molar-refractivity contribution in [3.05, 3.63) is 16.0 Å². The molecule has 8 nitrogen and oxygen atoms in total. The van der Waals surface area contributed by atoms with Gasteiger partial charge < -0.3 is 15.4 Å². The Kier molecular flexibility index (Phi) is 4.01. The molecule has 26 heavy (non-hydrogen) atoms. The molecule has 0 saturated carbocycles. The lowest BCUT2D eigenvalue weighted by atomic mass is 9.73. The van der Waals surface area contributed by atoms with E-state index in [0.717, 1.165) is 25.9 Å². The number of anilines is 1. The van der Waals surface area contributed by atoms with Crippen molar-refractivity contribution in [3.63, 3.8) is 0 Å². The van der Waals surface area contributed by atoms with Gasteiger partial charge in [0.1, 0.15) is 11.1 Å². The highest BCUT2D eigenvalue weighted by atomic mass is 16.5. The first-order valence-electron chi connectivity index (χ1n) is 8.97. The van der Waals surface area contributed by atoms with Crippen molar-refractivity contribution in [1.29, 1.82) is 0 Å². The molecular weight excluding hydrogens is 332 g/mol. The van der Waals surface area contributed by atoms with Gasteiger partial charge in [0.05, 0.1) is 12.7 Å². The van der Waals surface area contributed by atoms with Gasteiger partial charge in [0, 0.05) is 31.6 Å². The Morgan fingerprint density at radius 1 is 1.38 bits per heavy atom. The summed E-state index contributed by atoms with van der Waals surface area (Å²) in [6.07, 6.45) is 1.96. The second-order valence-electron chi connectivity index (χ2n) is 7.34. The van der Waals surface area contributed by atoms with Crippen LogP contribution in [0.3, 0.4) is 0 Å². The van der Waals surface area contributed by atoms with Gasteiger partial charge in [-0.05, 0) is 32.6 Å². The van der Waals surface area contributed by atoms with E-state index in [-0.39, 0.29) is 23.1 Å². The van der Waals surface area contributed by atoms with E-state index in [9.17, 15) is 4.79 Å². The van der Waals surface area contributed by atoms with Gasteiger partial charge in [0.25, 0.3) is 5.56 Å². The van der Waals surface area contributed by atoms with Crippen LogP contribution in [-0.2, 0) is 11.8 Å². The first-order valence-corrected chi connectivity index (χ1v) is 8.97. The van der Waals surface area contributed by atoms with Crippen molar-refractivity contribution < 1.29 is 4.74 Å². The van der Waals surface area contributed by atoms with E-state index in [1.54, 1.807) is 18.5 Å². The minimum absolute atomic E-state index is 0.0368. The summed E-state index contributed by atoms with van der Waals surface area (Å²) >= 11 is 0. The third kappa shape index (κ3) is 2.42. The summed E-state index contributed by atoms with van der Waals surface area (Å²) in [5.74, 6) is 6.31. The van der Waals surface area contributed by atoms with Crippen molar-refractivity contribution in [3.8, 4) is 11.8 Å². The maximum absolute atomic E-state index is 12.8. The molecule has 2 fully saturated rings. The van der Waals surface area contributed by atoms with Gasteiger partial charge in [-0.2, -0.15) is 10.1 Å². The Morgan fingerprint density at radius 2 is 2.12 bits per heavy atom. The molecule has 0 aliphatic carbocycles. The monoisotopic (exact) mass is 356 g/mol. The summed E-state index contributed by atoms with van der Waals surface area (Å²) in [4.78, 5) is 19.6. The zero-order valence-corrected chi connectivity index (χ0v) is 15.4. The minimum atomic E-state index is -0.133. The fraction of sp³-hybridized carbons (Fsp3) is 0.611. The molecule has 2 aromatic rings. The molecule has 0 aromatic carbocycles. The van der Waals surface area contributed by atoms with Crippen LogP contribution in [0.2, 0.25) is 0 Å². The number of hydrogen-bond acceptors (Lipinski definition) is 6. The van der Waals surface area contributed by atoms with Crippen LogP contribution >= 0.6 is 0 Å². The number of nitrogens with two attached hydrogens (primary N) is 1. The van der Waals surface area contributed by atoms with Crippen LogP contribution in [0.4, 0.5) is 5.95 Å². The molecule has 0 radical (unpaired) electrons. The van der Waals surface area contributed by atoms with Crippen LogP contribution in [-0.4, -0.2) is 51.6 Å². The fourth-order valence-electron chi connectivity index (χ4n) is 4.17. The third-order valence-electron chi connectivity index (χ3n) is 5.91. The smallest absolute Gasteiger partial charge is 0.267 e. The zero-order chi connectivity index (χ0) is 18.5. The quantitative estimate of drug-likeness (QED) is 0.716. The summed E-state index contributed by atoms with van der Waals surface area (Å²) < 4.78 is 7.37. The van der Waals surface area contributed by atoms with E-state index in [1.807, 2.05) is 6.92 Å². The van der Waals surface area contributed by atoms with Gasteiger partial charge in [-0.25, -0.2) is 0 Å². The lowest BCUT2D eigenvalue weighted by Gasteiger charge is -2.41. The topological polar surface area (TPSA) is 102 Å². The van der Waals surface area contributed by atoms with E-state index < -0.39 is 0 Å². The van der Waals surface area contributed by atoms with Crippen LogP contribution in [0.15, 0.2) is 4.79 Å². The summed E-state index contributed by atoms with van der Waals surface area (Å²) in [5, 5.41) is 7.42. The Labute approximate surface area is 151 Å². The largest absolute Gasteiger partial charge is 0.376 e. The van der Waals surface area contributed by atoms with Crippen LogP contribution in [0.25, 0.3) is 11.0 Å². The lowest BCUT2D eigenvalue weighted by Crippen LogP contribution is -2.51. The number of nitrogens with one attached hydrogen (secondary N) is 1. The van der Waals surface area contributed by atoms with E-state index >= 15 is 0 Å². The second kappa shape index (κ2) is 6.11. The van der Waals surface area contributed by atoms with Gasteiger partial charge in [0.2, 0.25) is 5.95 Å². The van der Waals surface area contributed by atoms with Gasteiger partial charge in [-0.3, -0.25) is 14.5 Å². The number of aromatic nitrogens is 4. The molecule has 2 aromatic heterocycles. The predicted octanol–water partition coefficient (Wildman–Crippen LogP) is 0.361. The van der Waals surface area contributed by atoms with E-state index in [4.69, 9.17) is 10.5 Å². The average Bonchev–Trinajstić information content (AvgIpc) is 3.16. The Bertz CT molecular complexity index is 958. The average molecular weight is 356 g/mol. The molecule has 2 aliphatic heterocycles. The number of rotatable bonds is 1. The van der Waals surface area contributed by atoms with Crippen LogP contribution < -0.4 is 16.2 Å². The van der Waals surface area contributed by atoms with Crippen molar-refractivity contribution in [2.24, 2.45) is 18.2 Å². The highest BCUT2D eigenvalue weighted by Crippen LogP contribution is 2.41. The number of hydrogen-bond donors (Lipinski definition) is 2. The molecule has 0 amide bonds. The molecule has 0 bridgehead atoms. The maximum atomic E-state index is 12.8. The lowest BCUT2D eigenvalue weighted by molar-refractivity contribution is 0.0973. The normalized spacial score (nSPS) is 24.8. The maximum Gasteiger partial charge on any atom is 0.267 e. The molecule has 2 saturated heterocycles. The van der Waals surface area contributed by atoms with E-state index in [0.29, 0.717) is 29.3 Å². The predicted molar refractivity (Wildman–Crippen MR) is 99.0 cm³/mol. The van der Waals surface area contributed by atoms with Crippen molar-refractivity contribution >= 4 is 17.0 Å². The minimum Gasteiger partial charge on any atom is -0.376 e. The highest BCUT2D eigenvalue weighted by Gasteiger charge is 2.47. The van der Waals surface area contributed by atoms with E-state index in [1.165, 1.54) is 0 Å². The van der Waals surface area contributed by atoms with Gasteiger partial charge in [-0.1, -0.05) is 5.92 Å². The number of ether oxygens (including phenoxy) is 1. The molecule has 1 spiro atoms. The van der Waals surface area contributed by atoms with Gasteiger partial charge in [-0.15, -0.1) is 0 Å². The summed E-state index contributed by atoms with van der Waals surface area (Å²) in [5.41, 5.74) is 7.22. The summed E-state index contributed by atoms with van der Waals surface area (Å²) in [7, 11) is 1.75. The third-order valence-corrected chi connectivity index (χ3v) is 5.91. The SMILES string of the molecule is CC#Cc1[nH]nc2nc(N3CCC4(CC3)CO[C@@H](C)[C@H]4N)n(C)c(=O)c12. The van der Waals surface area contributed by atoms with Crippen molar-refractivity contribution in [2.45, 2.75) is 38.8 Å². The second-order valence-corrected chi connectivity index (χ2v) is 7.34. The number of H-pyrrole nitrogens is 1. The van der Waals surface area contributed by atoms with Crippen molar-refractivity contribution in [1.82, 2.24) is 19.7 Å². The van der Waals surface area contributed by atoms with Crippen LogP contribution in [0, 0.1) is 17.3 Å². The van der Waals surface area contributed by atoms with Crippen molar-refractivity contribution in [2.75, 3.05) is 24.6 Å². The molecular formula is C18H24N6O2. The first kappa shape index (κ1) is 17.1. The molecule has 4 rings (SSSR count). The molecule has 2 atom stereocenters. The Morgan fingerprint density at radius 3 is 2.73 bits per heavy atom. The molecule has 8 heteroatoms. The van der Waals surface area contributed by atoms with Gasteiger partial charge >= 0.3 is 0 Å². The van der Waals surface area contributed by atoms with Crippen LogP contribution in [0.1, 0.15) is 32.4 Å². The molecule has 4 heterocycles. The van der Waals surface area contributed by atoms with Crippen LogP contribution in [0.5, 0.6) is 0 Å². The zero-order valence-electron chi connectivity index (χ0n) is 15.4. The summed E-state index contributed by atoms with van der Waals surface area (Å²) in [6.45, 7) is 6.07. The standard InChI is InChI=1S/C18H24N6O2/c1-4-5-12-13-15(22-21-12)20-17(23(3)16(13)25)24-8-6-18(7-9-24)10-26-11(2)14(18)19/h11,14H,6-10,19H2,1-3H3,(H,21,22)/t11-,14+/m0/s1. The molecule has 3 N–H and O–H groups in total. The van der Waals surface area contributed by atoms with E-state index in [2.05, 4.69) is 31.9 Å². The summed E-state index contributed by atoms with van der Waals surface area (Å²) in [6, 6.07) is 0.0606. The van der Waals surface area contributed by atoms with Gasteiger partial charge in [0.15, 0.2) is 5.65 Å².